The van der Waals surface area contributed by atoms with Crippen molar-refractivity contribution in [3.63, 3.8) is 0 Å². The Hall–Kier alpha value is -4.81. The number of carbonyl (C=O) groups excluding carboxylic acids is 5. The van der Waals surface area contributed by atoms with Crippen LogP contribution < -0.4 is 16.3 Å². The topological polar surface area (TPSA) is 177 Å². The number of hydrazine groups is 2. The molecule has 13 heteroatoms. The molecule has 1 atom stereocenters. The maximum Gasteiger partial charge on any atom is 0.311 e. The van der Waals surface area contributed by atoms with Gasteiger partial charge >= 0.3 is 5.97 Å². The third-order valence-electron chi connectivity index (χ3n) is 4.74. The number of nitro benzene ring substituents is 1. The van der Waals surface area contributed by atoms with Crippen molar-refractivity contribution in [1.82, 2.24) is 21.3 Å². The third kappa shape index (κ3) is 5.91. The van der Waals surface area contributed by atoms with E-state index in [9.17, 15) is 34.1 Å². The number of hydrogen-bond acceptors (Lipinski definition) is 8. The maximum absolute atomic E-state index is 12.4. The first-order chi connectivity index (χ1) is 16.3. The van der Waals surface area contributed by atoms with E-state index in [2.05, 4.69) is 16.3 Å². The molecule has 0 radical (unpaired) electrons. The van der Waals surface area contributed by atoms with Gasteiger partial charge in [0, 0.05) is 18.1 Å². The molecule has 0 aromatic heterocycles. The molecule has 0 spiro atoms. The highest BCUT2D eigenvalue weighted by molar-refractivity contribution is 5.99. The van der Waals surface area contributed by atoms with Gasteiger partial charge < -0.3 is 4.74 Å². The average molecular weight is 469 g/mol. The maximum atomic E-state index is 12.4. The van der Waals surface area contributed by atoms with Gasteiger partial charge in [-0.2, -0.15) is 0 Å². The summed E-state index contributed by atoms with van der Waals surface area (Å²) < 4.78 is 4.88. The third-order valence-corrected chi connectivity index (χ3v) is 4.74. The van der Waals surface area contributed by atoms with Crippen LogP contribution in [0.3, 0.4) is 0 Å². The van der Waals surface area contributed by atoms with Crippen molar-refractivity contribution in [2.45, 2.75) is 6.42 Å². The molecule has 0 unspecified atom stereocenters. The molecule has 4 amide bonds. The zero-order valence-corrected chi connectivity index (χ0v) is 17.6. The summed E-state index contributed by atoms with van der Waals surface area (Å²) in [7, 11) is 0. The van der Waals surface area contributed by atoms with Crippen molar-refractivity contribution in [1.29, 1.82) is 0 Å². The second-order valence-electron chi connectivity index (χ2n) is 7.10. The van der Waals surface area contributed by atoms with E-state index in [0.717, 1.165) is 11.1 Å². The Labute approximate surface area is 192 Å². The van der Waals surface area contributed by atoms with Gasteiger partial charge in [-0.25, -0.2) is 0 Å². The van der Waals surface area contributed by atoms with Crippen LogP contribution >= 0.6 is 0 Å². The van der Waals surface area contributed by atoms with E-state index in [-0.39, 0.29) is 18.5 Å². The summed E-state index contributed by atoms with van der Waals surface area (Å²) in [6.45, 7) is -0.947. The van der Waals surface area contributed by atoms with Crippen LogP contribution in [0, 0.1) is 16.0 Å². The second-order valence-corrected chi connectivity index (χ2v) is 7.10. The quantitative estimate of drug-likeness (QED) is 0.290. The first kappa shape index (κ1) is 23.8. The lowest BCUT2D eigenvalue weighted by molar-refractivity contribution is -0.385. The first-order valence-corrected chi connectivity index (χ1v) is 9.92. The van der Waals surface area contributed by atoms with E-state index in [1.54, 1.807) is 30.3 Å². The predicted molar refractivity (Wildman–Crippen MR) is 113 cm³/mol. The molecule has 34 heavy (non-hydrogen) atoms. The Morgan fingerprint density at radius 2 is 1.68 bits per heavy atom. The summed E-state index contributed by atoms with van der Waals surface area (Å²) >= 11 is 0. The number of nitrogens with zero attached hydrogens (tertiary/aromatic N) is 2. The summed E-state index contributed by atoms with van der Waals surface area (Å²) in [5, 5.41) is 11.9. The molecule has 0 saturated carbocycles. The van der Waals surface area contributed by atoms with E-state index >= 15 is 0 Å². The molecule has 176 valence electrons. The van der Waals surface area contributed by atoms with Gasteiger partial charge in [0.05, 0.1) is 17.4 Å². The Morgan fingerprint density at radius 3 is 2.38 bits per heavy atom. The molecular weight excluding hydrogens is 450 g/mol. The van der Waals surface area contributed by atoms with Crippen LogP contribution in [0.5, 0.6) is 0 Å². The fourth-order valence-electron chi connectivity index (χ4n) is 3.06. The highest BCUT2D eigenvalue weighted by Crippen LogP contribution is 2.20. The standard InChI is InChI=1S/C21H19N5O8/c27-17(22-23-19(29)13-6-2-1-3-7-13)12-34-21(31)14-10-18(28)25(11-14)24-20(30)15-8-4-5-9-16(15)26(32)33/h1-9,14H,10-12H2,(H,22,27)(H,23,29)(H,24,30)/t14-/m1/s1. The monoisotopic (exact) mass is 469 g/mol. The molecule has 3 N–H and O–H groups in total. The molecule has 1 fully saturated rings. The molecule has 1 heterocycles. The van der Waals surface area contributed by atoms with E-state index in [1.807, 2.05) is 0 Å². The van der Waals surface area contributed by atoms with Crippen LogP contribution in [0.25, 0.3) is 0 Å². The molecule has 13 nitrogen and oxygen atoms in total. The van der Waals surface area contributed by atoms with Gasteiger partial charge in [-0.15, -0.1) is 0 Å². The van der Waals surface area contributed by atoms with Crippen molar-refractivity contribution >= 4 is 35.3 Å². The van der Waals surface area contributed by atoms with Crippen LogP contribution in [0.4, 0.5) is 5.69 Å². The molecule has 0 bridgehead atoms. The number of hydrogen-bond donors (Lipinski definition) is 3. The van der Waals surface area contributed by atoms with Crippen LogP contribution in [0.1, 0.15) is 27.1 Å². The number of benzene rings is 2. The SMILES string of the molecule is O=C(COC(=O)[C@@H]1CC(=O)N(NC(=O)c2ccccc2[N+](=O)[O-])C1)NNC(=O)c1ccccc1. The van der Waals surface area contributed by atoms with Gasteiger partial charge in [0.25, 0.3) is 23.4 Å². The van der Waals surface area contributed by atoms with E-state index < -0.39 is 52.7 Å². The minimum Gasteiger partial charge on any atom is -0.455 e. The fraction of sp³-hybridized carbons (Fsp3) is 0.190. The van der Waals surface area contributed by atoms with Crippen molar-refractivity contribution < 1.29 is 33.6 Å². The summed E-state index contributed by atoms with van der Waals surface area (Å²) in [4.78, 5) is 70.8. The molecule has 1 aliphatic heterocycles. The first-order valence-electron chi connectivity index (χ1n) is 9.92. The number of nitro groups is 1. The molecular formula is C21H19N5O8. The lowest BCUT2D eigenvalue weighted by Crippen LogP contribution is -2.44. The minimum atomic E-state index is -0.967. The van der Waals surface area contributed by atoms with Gasteiger partial charge in [0.15, 0.2) is 6.61 Å². The Kier molecular flexibility index (Phi) is 7.48. The van der Waals surface area contributed by atoms with Crippen molar-refractivity contribution in [3.8, 4) is 0 Å². The number of amides is 4. The number of para-hydroxylation sites is 1. The largest absolute Gasteiger partial charge is 0.455 e. The second kappa shape index (κ2) is 10.7. The molecule has 3 rings (SSSR count). The van der Waals surface area contributed by atoms with Gasteiger partial charge in [0.1, 0.15) is 5.56 Å². The smallest absolute Gasteiger partial charge is 0.311 e. The van der Waals surface area contributed by atoms with Gasteiger partial charge in [-0.3, -0.25) is 55.4 Å². The average Bonchev–Trinajstić information content (AvgIpc) is 3.21. The number of esters is 1. The molecule has 0 aliphatic carbocycles. The zero-order chi connectivity index (χ0) is 24.7. The van der Waals surface area contributed by atoms with Gasteiger partial charge in [-0.05, 0) is 18.2 Å². The van der Waals surface area contributed by atoms with Crippen molar-refractivity contribution in [2.24, 2.45) is 5.92 Å². The minimum absolute atomic E-state index is 0.240. The zero-order valence-electron chi connectivity index (χ0n) is 17.6. The summed E-state index contributed by atoms with van der Waals surface area (Å²) in [6, 6.07) is 13.3. The van der Waals surface area contributed by atoms with Crippen molar-refractivity contribution in [2.75, 3.05) is 13.2 Å². The number of nitrogens with one attached hydrogen (secondary N) is 3. The van der Waals surface area contributed by atoms with Gasteiger partial charge in [-0.1, -0.05) is 30.3 Å². The lowest BCUT2D eigenvalue weighted by Gasteiger charge is -2.17. The van der Waals surface area contributed by atoms with Crippen molar-refractivity contribution in [3.05, 3.63) is 75.8 Å². The fourth-order valence-corrected chi connectivity index (χ4v) is 3.06. The molecule has 1 saturated heterocycles. The van der Waals surface area contributed by atoms with E-state index in [1.165, 1.54) is 18.2 Å². The van der Waals surface area contributed by atoms with E-state index in [4.69, 9.17) is 4.74 Å². The number of carbonyl (C=O) groups is 5. The van der Waals surface area contributed by atoms with Crippen LogP contribution in [0.2, 0.25) is 0 Å². The normalized spacial score (nSPS) is 14.8. The summed E-state index contributed by atoms with van der Waals surface area (Å²) in [6.07, 6.45) is -0.289. The molecule has 1 aliphatic rings. The number of ether oxygens (including phenoxy) is 1. The summed E-state index contributed by atoms with van der Waals surface area (Å²) in [5.41, 5.74) is 6.14. The van der Waals surface area contributed by atoms with Gasteiger partial charge in [0.2, 0.25) is 5.91 Å². The van der Waals surface area contributed by atoms with Crippen LogP contribution in [-0.2, 0) is 19.1 Å². The lowest BCUT2D eigenvalue weighted by atomic mass is 10.1. The Bertz CT molecular complexity index is 1140. The summed E-state index contributed by atoms with van der Waals surface area (Å²) in [5.74, 6) is -4.68. The predicted octanol–water partition coefficient (Wildman–Crippen LogP) is 0.0925. The Balaban J connectivity index is 1.46. The van der Waals surface area contributed by atoms with E-state index in [0.29, 0.717) is 5.56 Å². The highest BCUT2D eigenvalue weighted by atomic mass is 16.6. The van der Waals surface area contributed by atoms with Crippen LogP contribution in [0.15, 0.2) is 54.6 Å². The number of rotatable bonds is 7. The Morgan fingerprint density at radius 1 is 1.00 bits per heavy atom. The molecule has 2 aromatic carbocycles. The van der Waals surface area contributed by atoms with Crippen LogP contribution in [-0.4, -0.2) is 52.7 Å². The highest BCUT2D eigenvalue weighted by Gasteiger charge is 2.37. The molecule has 2 aromatic rings.